The van der Waals surface area contributed by atoms with E-state index in [9.17, 15) is 20.1 Å². The van der Waals surface area contributed by atoms with Gasteiger partial charge in [-0.3, -0.25) is 14.9 Å². The van der Waals surface area contributed by atoms with Gasteiger partial charge in [-0.2, -0.15) is 4.73 Å². The molecule has 3 aromatic rings. The number of hydrogen-bond donors (Lipinski definition) is 2. The summed E-state index contributed by atoms with van der Waals surface area (Å²) in [6.07, 6.45) is 0. The maximum atomic E-state index is 11.8. The molecule has 134 valence electrons. The van der Waals surface area contributed by atoms with E-state index >= 15 is 0 Å². The second-order valence-electron chi connectivity index (χ2n) is 6.04. The average Bonchev–Trinajstić information content (AvgIpc) is 2.91. The minimum absolute atomic E-state index is 0.127. The highest BCUT2D eigenvalue weighted by atomic mass is 16.6. The quantitative estimate of drug-likeness (QED) is 0.412. The lowest BCUT2D eigenvalue weighted by molar-refractivity contribution is -0.384. The number of nitro benzene ring substituents is 1. The molecular weight excluding hydrogens is 338 g/mol. The van der Waals surface area contributed by atoms with Crippen LogP contribution in [0.5, 0.6) is 0 Å². The Morgan fingerprint density at radius 1 is 1.27 bits per heavy atom. The predicted octanol–water partition coefficient (Wildman–Crippen LogP) is 2.35. The predicted molar refractivity (Wildman–Crippen MR) is 96.2 cm³/mol. The summed E-state index contributed by atoms with van der Waals surface area (Å²) < 4.78 is 0.821. The first-order valence-electron chi connectivity index (χ1n) is 7.76. The van der Waals surface area contributed by atoms with Crippen LogP contribution in [0, 0.1) is 10.1 Å². The van der Waals surface area contributed by atoms with Crippen molar-refractivity contribution in [1.29, 1.82) is 0 Å². The molecule has 9 nitrogen and oxygen atoms in total. The van der Waals surface area contributed by atoms with Gasteiger partial charge in [-0.25, -0.2) is 4.98 Å². The van der Waals surface area contributed by atoms with E-state index in [0.29, 0.717) is 16.8 Å². The van der Waals surface area contributed by atoms with Crippen molar-refractivity contribution < 1.29 is 14.9 Å². The first-order valence-corrected chi connectivity index (χ1v) is 7.76. The van der Waals surface area contributed by atoms with E-state index in [1.807, 2.05) is 0 Å². The molecule has 1 amide bonds. The molecule has 26 heavy (non-hydrogen) atoms. The maximum Gasteiger partial charge on any atom is 0.271 e. The van der Waals surface area contributed by atoms with Crippen LogP contribution in [0.3, 0.4) is 0 Å². The molecule has 3 rings (SSSR count). The van der Waals surface area contributed by atoms with Crippen molar-refractivity contribution in [3.63, 3.8) is 0 Å². The van der Waals surface area contributed by atoms with Gasteiger partial charge in [-0.05, 0) is 44.4 Å². The first-order chi connectivity index (χ1) is 12.3. The fraction of sp³-hybridized carbons (Fsp3) is 0.176. The second-order valence-corrected chi connectivity index (χ2v) is 6.04. The van der Waals surface area contributed by atoms with Gasteiger partial charge in [0.25, 0.3) is 5.69 Å². The van der Waals surface area contributed by atoms with Crippen LogP contribution in [0.4, 0.5) is 11.4 Å². The summed E-state index contributed by atoms with van der Waals surface area (Å²) in [5, 5.41) is 24.0. The Hall–Kier alpha value is -3.46. The molecule has 9 heteroatoms. The number of imidazole rings is 1. The zero-order chi connectivity index (χ0) is 18.8. The summed E-state index contributed by atoms with van der Waals surface area (Å²) in [7, 11) is 3.61. The van der Waals surface area contributed by atoms with Gasteiger partial charge in [0.05, 0.1) is 17.0 Å². The van der Waals surface area contributed by atoms with Gasteiger partial charge < -0.3 is 15.4 Å². The van der Waals surface area contributed by atoms with Crippen LogP contribution in [0.2, 0.25) is 0 Å². The highest BCUT2D eigenvalue weighted by Gasteiger charge is 2.16. The SMILES string of the molecule is CN(C)CC(=O)Nc1ccc(-c2nc3ccc([N+](=O)[O-])cc3n2O)cc1. The summed E-state index contributed by atoms with van der Waals surface area (Å²) in [5.74, 6) is 0.121. The van der Waals surface area contributed by atoms with E-state index in [0.717, 1.165) is 4.73 Å². The monoisotopic (exact) mass is 355 g/mol. The number of likely N-dealkylation sites (N-methyl/N-ethyl adjacent to an activating group) is 1. The molecule has 2 aromatic carbocycles. The van der Waals surface area contributed by atoms with Crippen LogP contribution < -0.4 is 5.32 Å². The molecule has 0 aliphatic carbocycles. The van der Waals surface area contributed by atoms with Crippen molar-refractivity contribution in [2.75, 3.05) is 26.0 Å². The van der Waals surface area contributed by atoms with Gasteiger partial charge in [-0.15, -0.1) is 0 Å². The van der Waals surface area contributed by atoms with Gasteiger partial charge in [-0.1, -0.05) is 0 Å². The van der Waals surface area contributed by atoms with Crippen molar-refractivity contribution in [2.24, 2.45) is 0 Å². The smallest absolute Gasteiger partial charge is 0.271 e. The number of non-ortho nitro benzene ring substituents is 1. The third-order valence-electron chi connectivity index (χ3n) is 3.71. The van der Waals surface area contributed by atoms with Crippen LogP contribution in [-0.2, 0) is 4.79 Å². The Kier molecular flexibility index (Phi) is 4.55. The molecule has 0 saturated heterocycles. The van der Waals surface area contributed by atoms with Crippen LogP contribution >= 0.6 is 0 Å². The fourth-order valence-electron chi connectivity index (χ4n) is 2.54. The van der Waals surface area contributed by atoms with Gasteiger partial charge in [0, 0.05) is 23.4 Å². The summed E-state index contributed by atoms with van der Waals surface area (Å²) in [6, 6.07) is 10.9. The number of carbonyl (C=O) groups is 1. The van der Waals surface area contributed by atoms with Crippen LogP contribution in [0.1, 0.15) is 0 Å². The lowest BCUT2D eigenvalue weighted by atomic mass is 10.2. The molecule has 0 aliphatic heterocycles. The molecule has 0 unspecified atom stereocenters. The molecule has 2 N–H and O–H groups in total. The van der Waals surface area contributed by atoms with Crippen molar-refractivity contribution in [3.8, 4) is 11.4 Å². The highest BCUT2D eigenvalue weighted by molar-refractivity contribution is 5.92. The minimum Gasteiger partial charge on any atom is -0.426 e. The van der Waals surface area contributed by atoms with Crippen molar-refractivity contribution in [1.82, 2.24) is 14.6 Å². The van der Waals surface area contributed by atoms with E-state index in [4.69, 9.17) is 0 Å². The Labute approximate surface area is 148 Å². The third-order valence-corrected chi connectivity index (χ3v) is 3.71. The molecule has 0 aliphatic rings. The minimum atomic E-state index is -0.530. The molecule has 1 heterocycles. The molecule has 0 spiro atoms. The van der Waals surface area contributed by atoms with Crippen molar-refractivity contribution in [3.05, 3.63) is 52.6 Å². The number of amides is 1. The Bertz CT molecular complexity index is 979. The maximum absolute atomic E-state index is 11.8. The van der Waals surface area contributed by atoms with Gasteiger partial charge >= 0.3 is 0 Å². The number of nitrogens with zero attached hydrogens (tertiary/aromatic N) is 4. The number of aromatic nitrogens is 2. The highest BCUT2D eigenvalue weighted by Crippen LogP contribution is 2.27. The van der Waals surface area contributed by atoms with E-state index in [-0.39, 0.29) is 29.5 Å². The lowest BCUT2D eigenvalue weighted by Crippen LogP contribution is -2.27. The van der Waals surface area contributed by atoms with E-state index in [1.165, 1.54) is 18.2 Å². The Balaban J connectivity index is 1.88. The number of fused-ring (bicyclic) bond motifs is 1. The van der Waals surface area contributed by atoms with Crippen molar-refractivity contribution in [2.45, 2.75) is 0 Å². The van der Waals surface area contributed by atoms with Crippen LogP contribution in [-0.4, -0.2) is 51.3 Å². The summed E-state index contributed by atoms with van der Waals surface area (Å²) in [5.41, 5.74) is 1.79. The first kappa shape index (κ1) is 17.4. The lowest BCUT2D eigenvalue weighted by Gasteiger charge is -2.10. The molecule has 1 aromatic heterocycles. The zero-order valence-electron chi connectivity index (χ0n) is 14.2. The van der Waals surface area contributed by atoms with Gasteiger partial charge in [0.2, 0.25) is 5.91 Å². The molecule has 0 atom stereocenters. The number of rotatable bonds is 5. The average molecular weight is 355 g/mol. The van der Waals surface area contributed by atoms with E-state index in [1.54, 1.807) is 43.3 Å². The zero-order valence-corrected chi connectivity index (χ0v) is 14.2. The third kappa shape index (κ3) is 3.47. The number of nitrogens with one attached hydrogen (secondary N) is 1. The standard InChI is InChI=1S/C17H17N5O4/c1-20(2)10-16(23)18-12-5-3-11(4-6-12)17-19-14-8-7-13(22(25)26)9-15(14)21(17)24/h3-9,24H,10H2,1-2H3,(H,18,23). The van der Waals surface area contributed by atoms with Gasteiger partial charge in [0.1, 0.15) is 5.52 Å². The molecule has 0 fully saturated rings. The molecular formula is C17H17N5O4. The Morgan fingerprint density at radius 3 is 2.58 bits per heavy atom. The largest absolute Gasteiger partial charge is 0.426 e. The number of nitro groups is 1. The van der Waals surface area contributed by atoms with Gasteiger partial charge in [0.15, 0.2) is 5.82 Å². The second kappa shape index (κ2) is 6.81. The number of carbonyl (C=O) groups excluding carboxylic acids is 1. The van der Waals surface area contributed by atoms with Crippen molar-refractivity contribution >= 4 is 28.3 Å². The normalized spacial score (nSPS) is 11.0. The van der Waals surface area contributed by atoms with E-state index < -0.39 is 4.92 Å². The number of anilines is 1. The summed E-state index contributed by atoms with van der Waals surface area (Å²) >= 11 is 0. The van der Waals surface area contributed by atoms with E-state index in [2.05, 4.69) is 10.3 Å². The molecule has 0 saturated carbocycles. The molecule has 0 radical (unpaired) electrons. The number of benzene rings is 2. The van der Waals surface area contributed by atoms with Crippen LogP contribution in [0.15, 0.2) is 42.5 Å². The number of hydrogen-bond acceptors (Lipinski definition) is 6. The summed E-state index contributed by atoms with van der Waals surface area (Å²) in [6.45, 7) is 0.271. The fourth-order valence-corrected chi connectivity index (χ4v) is 2.54. The molecule has 0 bridgehead atoms. The topological polar surface area (TPSA) is 114 Å². The van der Waals surface area contributed by atoms with Crippen LogP contribution in [0.25, 0.3) is 22.4 Å². The Morgan fingerprint density at radius 2 is 1.96 bits per heavy atom. The summed E-state index contributed by atoms with van der Waals surface area (Å²) in [4.78, 5) is 28.2.